The van der Waals surface area contributed by atoms with Crippen LogP contribution in [0.5, 0.6) is 17.2 Å². The van der Waals surface area contributed by atoms with Crippen molar-refractivity contribution in [3.05, 3.63) is 95.2 Å². The number of carboxylic acid groups (broad SMARTS) is 1. The topological polar surface area (TPSA) is 100 Å². The molecule has 0 radical (unpaired) electrons. The van der Waals surface area contributed by atoms with Crippen molar-refractivity contribution < 1.29 is 32.5 Å². The van der Waals surface area contributed by atoms with Crippen LogP contribution < -0.4 is 9.47 Å². The number of ether oxygens (including phenoxy) is 2. The molecule has 0 spiro atoms. The highest BCUT2D eigenvalue weighted by molar-refractivity contribution is 5.82. The lowest BCUT2D eigenvalue weighted by molar-refractivity contribution is -0.136. The van der Waals surface area contributed by atoms with Gasteiger partial charge in [-0.1, -0.05) is 18.2 Å². The van der Waals surface area contributed by atoms with Crippen LogP contribution in [0, 0.1) is 17.5 Å². The highest BCUT2D eigenvalue weighted by atomic mass is 19.1. The van der Waals surface area contributed by atoms with Crippen LogP contribution in [-0.4, -0.2) is 32.6 Å². The molecule has 1 aliphatic rings. The Morgan fingerprint density at radius 2 is 2.00 bits per heavy atom. The third kappa shape index (κ3) is 3.76. The molecule has 5 aromatic rings. The van der Waals surface area contributed by atoms with Gasteiger partial charge in [0.05, 0.1) is 22.9 Å². The van der Waals surface area contributed by atoms with E-state index in [4.69, 9.17) is 9.47 Å². The van der Waals surface area contributed by atoms with Gasteiger partial charge in [-0.3, -0.25) is 4.79 Å². The molecule has 1 aliphatic heterocycles. The SMILES string of the molecule is CC1(c2cnc(-c3cc(Oc4c(F)cc5[nH]ccc5c4F)ccc3F)[nH]2)COc2c(CC(=O)O)cccc21. The van der Waals surface area contributed by atoms with Gasteiger partial charge in [0.2, 0.25) is 0 Å². The van der Waals surface area contributed by atoms with Gasteiger partial charge in [0.1, 0.15) is 29.7 Å². The van der Waals surface area contributed by atoms with Crippen LogP contribution in [0.15, 0.2) is 60.9 Å². The fraction of sp³-hybridized carbons (Fsp3) is 0.143. The third-order valence-corrected chi connectivity index (χ3v) is 6.82. The molecule has 6 rings (SSSR count). The molecule has 0 fully saturated rings. The summed E-state index contributed by atoms with van der Waals surface area (Å²) in [5.41, 5.74) is 1.61. The number of aliphatic carboxylic acids is 1. The Morgan fingerprint density at radius 3 is 2.82 bits per heavy atom. The van der Waals surface area contributed by atoms with Gasteiger partial charge >= 0.3 is 5.97 Å². The van der Waals surface area contributed by atoms with Gasteiger partial charge in [-0.05, 0) is 31.2 Å². The first-order valence-corrected chi connectivity index (χ1v) is 11.7. The van der Waals surface area contributed by atoms with E-state index in [1.165, 1.54) is 24.4 Å². The molecule has 3 heterocycles. The summed E-state index contributed by atoms with van der Waals surface area (Å²) in [6.45, 7) is 2.14. The van der Waals surface area contributed by atoms with Crippen LogP contribution in [0.2, 0.25) is 0 Å². The molecule has 0 aliphatic carbocycles. The molecule has 0 saturated heterocycles. The normalized spacial score (nSPS) is 16.4. The predicted molar refractivity (Wildman–Crippen MR) is 132 cm³/mol. The van der Waals surface area contributed by atoms with Crippen LogP contribution in [0.3, 0.4) is 0 Å². The molecule has 3 aromatic carbocycles. The first-order chi connectivity index (χ1) is 18.2. The van der Waals surface area contributed by atoms with Crippen molar-refractivity contribution in [3.8, 4) is 28.6 Å². The zero-order valence-electron chi connectivity index (χ0n) is 19.9. The van der Waals surface area contributed by atoms with E-state index in [1.54, 1.807) is 18.3 Å². The second-order valence-corrected chi connectivity index (χ2v) is 9.31. The lowest BCUT2D eigenvalue weighted by atomic mass is 9.81. The Kier molecular flexibility index (Phi) is 5.41. The first kappa shape index (κ1) is 23.7. The highest BCUT2D eigenvalue weighted by Crippen LogP contribution is 2.45. The van der Waals surface area contributed by atoms with Gasteiger partial charge in [0, 0.05) is 40.7 Å². The summed E-state index contributed by atoms with van der Waals surface area (Å²) in [6, 6.07) is 11.6. The maximum Gasteiger partial charge on any atom is 0.307 e. The van der Waals surface area contributed by atoms with E-state index < -0.39 is 34.6 Å². The van der Waals surface area contributed by atoms with Crippen LogP contribution in [-0.2, 0) is 16.6 Å². The largest absolute Gasteiger partial charge is 0.492 e. The molecule has 38 heavy (non-hydrogen) atoms. The number of carbonyl (C=O) groups is 1. The van der Waals surface area contributed by atoms with E-state index >= 15 is 0 Å². The van der Waals surface area contributed by atoms with Crippen molar-refractivity contribution in [2.75, 3.05) is 6.61 Å². The molecule has 1 atom stereocenters. The number of aromatic nitrogens is 3. The maximum atomic E-state index is 14.9. The number of nitrogens with one attached hydrogen (secondary N) is 2. The van der Waals surface area contributed by atoms with Crippen molar-refractivity contribution in [1.82, 2.24) is 15.0 Å². The van der Waals surface area contributed by atoms with Gasteiger partial charge in [-0.2, -0.15) is 0 Å². The Hall–Kier alpha value is -4.73. The zero-order valence-corrected chi connectivity index (χ0v) is 19.9. The Labute approximate surface area is 213 Å². The molecule has 0 amide bonds. The minimum absolute atomic E-state index is 0.0195. The number of aromatic amines is 2. The summed E-state index contributed by atoms with van der Waals surface area (Å²) in [5.74, 6) is -3.24. The summed E-state index contributed by atoms with van der Waals surface area (Å²) in [5, 5.41) is 9.39. The number of hydrogen-bond acceptors (Lipinski definition) is 4. The Bertz CT molecular complexity index is 1730. The maximum absolute atomic E-state index is 14.9. The van der Waals surface area contributed by atoms with Gasteiger partial charge in [0.25, 0.3) is 0 Å². The number of rotatable bonds is 6. The summed E-state index contributed by atoms with van der Waals surface area (Å²) >= 11 is 0. The van der Waals surface area contributed by atoms with E-state index in [0.717, 1.165) is 17.7 Å². The third-order valence-electron chi connectivity index (χ3n) is 6.82. The Morgan fingerprint density at radius 1 is 1.16 bits per heavy atom. The predicted octanol–water partition coefficient (Wildman–Crippen LogP) is 6.09. The second-order valence-electron chi connectivity index (χ2n) is 9.31. The van der Waals surface area contributed by atoms with Gasteiger partial charge in [0.15, 0.2) is 17.4 Å². The number of carboxylic acids is 1. The number of nitrogens with zero attached hydrogens (tertiary/aromatic N) is 1. The quantitative estimate of drug-likeness (QED) is 0.252. The van der Waals surface area contributed by atoms with Crippen molar-refractivity contribution >= 4 is 16.9 Å². The number of H-pyrrole nitrogens is 2. The van der Waals surface area contributed by atoms with Gasteiger partial charge in [-0.15, -0.1) is 0 Å². The number of para-hydroxylation sites is 1. The molecular formula is C28H20F3N3O4. The van der Waals surface area contributed by atoms with Crippen molar-refractivity contribution in [3.63, 3.8) is 0 Å². The summed E-state index contributed by atoms with van der Waals surface area (Å²) in [7, 11) is 0. The van der Waals surface area contributed by atoms with E-state index in [-0.39, 0.29) is 41.1 Å². The lowest BCUT2D eigenvalue weighted by Crippen LogP contribution is -2.25. The molecule has 0 bridgehead atoms. The summed E-state index contributed by atoms with van der Waals surface area (Å²) in [6.07, 6.45) is 2.87. The number of imidazole rings is 1. The molecule has 2 aromatic heterocycles. The minimum Gasteiger partial charge on any atom is -0.492 e. The zero-order chi connectivity index (χ0) is 26.6. The number of fused-ring (bicyclic) bond motifs is 2. The molecule has 0 saturated carbocycles. The Balaban J connectivity index is 1.34. The second kappa shape index (κ2) is 8.69. The molecule has 192 valence electrons. The average molecular weight is 519 g/mol. The van der Waals surface area contributed by atoms with Gasteiger partial charge in [-0.25, -0.2) is 18.2 Å². The van der Waals surface area contributed by atoms with Crippen molar-refractivity contribution in [1.29, 1.82) is 0 Å². The monoisotopic (exact) mass is 519 g/mol. The fourth-order valence-electron chi connectivity index (χ4n) is 4.82. The van der Waals surface area contributed by atoms with Crippen molar-refractivity contribution in [2.24, 2.45) is 0 Å². The minimum atomic E-state index is -0.968. The van der Waals surface area contributed by atoms with Crippen LogP contribution in [0.25, 0.3) is 22.3 Å². The smallest absolute Gasteiger partial charge is 0.307 e. The molecule has 10 heteroatoms. The fourth-order valence-corrected chi connectivity index (χ4v) is 4.82. The van der Waals surface area contributed by atoms with E-state index in [2.05, 4.69) is 15.0 Å². The first-order valence-electron chi connectivity index (χ1n) is 11.7. The molecule has 1 unspecified atom stereocenters. The van der Waals surface area contributed by atoms with E-state index in [1.807, 2.05) is 13.0 Å². The van der Waals surface area contributed by atoms with E-state index in [9.17, 15) is 23.1 Å². The lowest BCUT2D eigenvalue weighted by Gasteiger charge is -2.21. The van der Waals surface area contributed by atoms with Crippen LogP contribution in [0.1, 0.15) is 23.7 Å². The average Bonchev–Trinajstić information content (AvgIpc) is 3.63. The molecule has 3 N–H and O–H groups in total. The highest BCUT2D eigenvalue weighted by Gasteiger charge is 2.41. The number of hydrogen-bond donors (Lipinski definition) is 3. The van der Waals surface area contributed by atoms with Crippen LogP contribution in [0.4, 0.5) is 13.2 Å². The van der Waals surface area contributed by atoms with Crippen LogP contribution >= 0.6 is 0 Å². The summed E-state index contributed by atoms with van der Waals surface area (Å²) < 4.78 is 55.7. The number of benzene rings is 3. The standard InChI is InChI=1S/C28H20F3N3O4/c1-28(13-37-25-14(9-23(35)36)3-2-4-18(25)28)22-12-33-27(34-22)17-10-15(5-6-19(17)29)38-26-20(30)11-21-16(24(26)31)7-8-32-21/h2-8,10-12,32H,9,13H2,1H3,(H,33,34)(H,35,36). The van der Waals surface area contributed by atoms with E-state index in [0.29, 0.717) is 17.0 Å². The molecular weight excluding hydrogens is 499 g/mol. The van der Waals surface area contributed by atoms with Crippen molar-refractivity contribution in [2.45, 2.75) is 18.8 Å². The molecule has 7 nitrogen and oxygen atoms in total. The summed E-state index contributed by atoms with van der Waals surface area (Å²) in [4.78, 5) is 21.5. The number of halogens is 3. The van der Waals surface area contributed by atoms with Gasteiger partial charge < -0.3 is 24.5 Å².